The first-order chi connectivity index (χ1) is 12.9. The van der Waals surface area contributed by atoms with Gasteiger partial charge in [0.05, 0.1) is 22.8 Å². The van der Waals surface area contributed by atoms with E-state index in [1.54, 1.807) is 32.0 Å². The Bertz CT molecular complexity index is 1080. The molecule has 0 aliphatic rings. The van der Waals surface area contributed by atoms with Crippen molar-refractivity contribution in [1.29, 1.82) is 0 Å². The summed E-state index contributed by atoms with van der Waals surface area (Å²) in [5.74, 6) is -0.537. The van der Waals surface area contributed by atoms with Crippen LogP contribution in [0.25, 0.3) is 11.3 Å². The largest absolute Gasteiger partial charge is 0.462 e. The third-order valence-corrected chi connectivity index (χ3v) is 5.97. The van der Waals surface area contributed by atoms with Gasteiger partial charge in [-0.05, 0) is 49.6 Å². The van der Waals surface area contributed by atoms with Crippen LogP contribution in [0, 0.1) is 13.8 Å². The van der Waals surface area contributed by atoms with Gasteiger partial charge in [-0.1, -0.05) is 42.5 Å². The second-order valence-electron chi connectivity index (χ2n) is 6.22. The summed E-state index contributed by atoms with van der Waals surface area (Å²) in [6, 6.07) is 15.9. The summed E-state index contributed by atoms with van der Waals surface area (Å²) in [5, 5.41) is 0. The Morgan fingerprint density at radius 2 is 1.74 bits per heavy atom. The van der Waals surface area contributed by atoms with Crippen molar-refractivity contribution >= 4 is 16.0 Å². The summed E-state index contributed by atoms with van der Waals surface area (Å²) in [6.07, 6.45) is 1.35. The number of hydrogen-bond acceptors (Lipinski definition) is 4. The molecule has 0 unspecified atom stereocenters. The number of hydrogen-bond donors (Lipinski definition) is 0. The zero-order valence-corrected chi connectivity index (χ0v) is 16.3. The maximum absolute atomic E-state index is 13.3. The number of carbonyl (C=O) groups is 1. The minimum atomic E-state index is -3.88. The first-order valence-corrected chi connectivity index (χ1v) is 10.1. The highest BCUT2D eigenvalue weighted by molar-refractivity contribution is 7.90. The molecular weight excluding hydrogens is 362 g/mol. The van der Waals surface area contributed by atoms with Gasteiger partial charge in [0.15, 0.2) is 0 Å². The molecule has 1 aromatic heterocycles. The molecule has 2 aromatic carbocycles. The van der Waals surface area contributed by atoms with E-state index in [1.807, 2.05) is 43.3 Å². The Kier molecular flexibility index (Phi) is 5.19. The van der Waals surface area contributed by atoms with Crippen LogP contribution >= 0.6 is 0 Å². The summed E-state index contributed by atoms with van der Waals surface area (Å²) in [4.78, 5) is 12.5. The molecule has 140 valence electrons. The van der Waals surface area contributed by atoms with Crippen LogP contribution in [-0.4, -0.2) is 25.0 Å². The van der Waals surface area contributed by atoms with Crippen LogP contribution in [0.1, 0.15) is 28.4 Å². The molecule has 0 aliphatic carbocycles. The van der Waals surface area contributed by atoms with E-state index >= 15 is 0 Å². The number of carbonyl (C=O) groups excluding carboxylic acids is 1. The van der Waals surface area contributed by atoms with Crippen molar-refractivity contribution in [2.45, 2.75) is 25.7 Å². The normalized spacial score (nSPS) is 11.4. The van der Waals surface area contributed by atoms with Gasteiger partial charge in [0.2, 0.25) is 0 Å². The van der Waals surface area contributed by atoms with Crippen LogP contribution in [0.5, 0.6) is 0 Å². The average molecular weight is 383 g/mol. The Labute approximate surface area is 159 Å². The van der Waals surface area contributed by atoms with Crippen molar-refractivity contribution in [3.8, 4) is 11.3 Å². The van der Waals surface area contributed by atoms with E-state index in [1.165, 1.54) is 10.2 Å². The molecule has 0 atom stereocenters. The molecule has 0 N–H and O–H groups in total. The second-order valence-corrected chi connectivity index (χ2v) is 8.04. The number of aromatic nitrogens is 1. The standard InChI is InChI=1S/C21H21NO4S/c1-4-26-21(23)19-14-22(20(16(19)3)17-10-6-5-7-11-17)27(24,25)18-12-8-9-15(2)13-18/h5-14H,4H2,1-3H3. The van der Waals surface area contributed by atoms with Crippen LogP contribution in [0.2, 0.25) is 0 Å². The zero-order chi connectivity index (χ0) is 19.6. The highest BCUT2D eigenvalue weighted by atomic mass is 32.2. The van der Waals surface area contributed by atoms with E-state index < -0.39 is 16.0 Å². The first kappa shape index (κ1) is 18.9. The molecular formula is C21H21NO4S. The fraction of sp³-hybridized carbons (Fsp3) is 0.190. The van der Waals surface area contributed by atoms with Crippen molar-refractivity contribution in [2.75, 3.05) is 6.61 Å². The molecule has 0 saturated carbocycles. The molecule has 0 aliphatic heterocycles. The lowest BCUT2D eigenvalue weighted by molar-refractivity contribution is 0.0526. The van der Waals surface area contributed by atoms with Gasteiger partial charge in [-0.25, -0.2) is 17.2 Å². The number of benzene rings is 2. The number of aryl methyl sites for hydroxylation is 1. The lowest BCUT2D eigenvalue weighted by Crippen LogP contribution is -2.14. The molecule has 1 heterocycles. The molecule has 0 amide bonds. The molecule has 27 heavy (non-hydrogen) atoms. The number of nitrogens with zero attached hydrogens (tertiary/aromatic N) is 1. The van der Waals surface area contributed by atoms with Crippen LogP contribution in [-0.2, 0) is 14.8 Å². The number of ether oxygens (including phenoxy) is 1. The molecule has 0 bridgehead atoms. The zero-order valence-electron chi connectivity index (χ0n) is 15.5. The van der Waals surface area contributed by atoms with E-state index in [9.17, 15) is 13.2 Å². The molecule has 6 heteroatoms. The van der Waals surface area contributed by atoms with Crippen LogP contribution < -0.4 is 0 Å². The van der Waals surface area contributed by atoms with Crippen molar-refractivity contribution in [1.82, 2.24) is 3.97 Å². The van der Waals surface area contributed by atoms with Gasteiger partial charge in [-0.15, -0.1) is 0 Å². The second kappa shape index (κ2) is 7.40. The third kappa shape index (κ3) is 3.53. The Balaban J connectivity index is 2.28. The Hall–Kier alpha value is -2.86. The highest BCUT2D eigenvalue weighted by Crippen LogP contribution is 2.32. The molecule has 0 radical (unpaired) electrons. The third-order valence-electron chi connectivity index (χ3n) is 4.31. The maximum atomic E-state index is 13.3. The van der Waals surface area contributed by atoms with Crippen LogP contribution in [0.15, 0.2) is 65.7 Å². The summed E-state index contributed by atoms with van der Waals surface area (Å²) in [6.45, 7) is 5.50. The topological polar surface area (TPSA) is 65.4 Å². The smallest absolute Gasteiger partial charge is 0.340 e. The lowest BCUT2D eigenvalue weighted by Gasteiger charge is -2.12. The van der Waals surface area contributed by atoms with Gasteiger partial charge in [-0.2, -0.15) is 0 Å². The fourth-order valence-electron chi connectivity index (χ4n) is 3.00. The molecule has 0 saturated heterocycles. The predicted molar refractivity (Wildman–Crippen MR) is 104 cm³/mol. The quantitative estimate of drug-likeness (QED) is 0.620. The summed E-state index contributed by atoms with van der Waals surface area (Å²) < 4.78 is 33.0. The maximum Gasteiger partial charge on any atom is 0.340 e. The van der Waals surface area contributed by atoms with Gasteiger partial charge in [0, 0.05) is 6.20 Å². The van der Waals surface area contributed by atoms with Crippen LogP contribution in [0.3, 0.4) is 0 Å². The molecule has 3 rings (SSSR count). The molecule has 3 aromatic rings. The molecule has 0 spiro atoms. The minimum absolute atomic E-state index is 0.171. The molecule has 5 nitrogen and oxygen atoms in total. The highest BCUT2D eigenvalue weighted by Gasteiger charge is 2.27. The Morgan fingerprint density at radius 1 is 1.04 bits per heavy atom. The van der Waals surface area contributed by atoms with E-state index in [0.717, 1.165) is 5.56 Å². The fourth-order valence-corrected chi connectivity index (χ4v) is 4.54. The van der Waals surface area contributed by atoms with Crippen molar-refractivity contribution in [3.63, 3.8) is 0 Å². The van der Waals surface area contributed by atoms with Gasteiger partial charge in [-0.3, -0.25) is 0 Å². The van der Waals surface area contributed by atoms with Crippen LogP contribution in [0.4, 0.5) is 0 Å². The van der Waals surface area contributed by atoms with E-state index in [-0.39, 0.29) is 17.1 Å². The van der Waals surface area contributed by atoms with Crippen molar-refractivity contribution in [2.24, 2.45) is 0 Å². The number of rotatable bonds is 5. The summed E-state index contributed by atoms with van der Waals surface area (Å²) >= 11 is 0. The van der Waals surface area contributed by atoms with Crippen molar-refractivity contribution < 1.29 is 17.9 Å². The minimum Gasteiger partial charge on any atom is -0.462 e. The Morgan fingerprint density at radius 3 is 2.37 bits per heavy atom. The first-order valence-electron chi connectivity index (χ1n) is 8.63. The lowest BCUT2D eigenvalue weighted by atomic mass is 10.1. The monoisotopic (exact) mass is 383 g/mol. The van der Waals surface area contributed by atoms with Crippen molar-refractivity contribution in [3.05, 3.63) is 77.5 Å². The SMILES string of the molecule is CCOC(=O)c1cn(S(=O)(=O)c2cccc(C)c2)c(-c2ccccc2)c1C. The predicted octanol–water partition coefficient (Wildman–Crippen LogP) is 4.19. The van der Waals surface area contributed by atoms with Gasteiger partial charge in [0.25, 0.3) is 10.0 Å². The van der Waals surface area contributed by atoms with Gasteiger partial charge < -0.3 is 4.74 Å². The summed E-state index contributed by atoms with van der Waals surface area (Å²) in [7, 11) is -3.88. The van der Waals surface area contributed by atoms with Gasteiger partial charge >= 0.3 is 5.97 Å². The van der Waals surface area contributed by atoms with E-state index in [0.29, 0.717) is 16.8 Å². The van der Waals surface area contributed by atoms with E-state index in [4.69, 9.17) is 4.74 Å². The summed E-state index contributed by atoms with van der Waals surface area (Å²) in [5.41, 5.74) is 2.82. The number of esters is 1. The van der Waals surface area contributed by atoms with Gasteiger partial charge in [0.1, 0.15) is 0 Å². The average Bonchev–Trinajstić information content (AvgIpc) is 3.01. The van der Waals surface area contributed by atoms with E-state index in [2.05, 4.69) is 0 Å². The molecule has 0 fully saturated rings.